The van der Waals surface area contributed by atoms with Crippen molar-refractivity contribution in [2.24, 2.45) is 0 Å². The van der Waals surface area contributed by atoms with Crippen LogP contribution < -0.4 is 0 Å². The second kappa shape index (κ2) is 3.14. The van der Waals surface area contributed by atoms with Gasteiger partial charge in [0, 0.05) is 6.42 Å². The maximum atomic E-state index is 9.24. The first-order chi connectivity index (χ1) is 6.27. The number of aliphatic hydroxyl groups excluding tert-OH is 1. The van der Waals surface area contributed by atoms with Crippen molar-refractivity contribution in [1.29, 1.82) is 0 Å². The predicted octanol–water partition coefficient (Wildman–Crippen LogP) is 0.881. The van der Waals surface area contributed by atoms with Crippen molar-refractivity contribution >= 4 is 11.0 Å². The molecule has 0 spiro atoms. The summed E-state index contributed by atoms with van der Waals surface area (Å²) in [5.41, 5.74) is 2.79. The van der Waals surface area contributed by atoms with Gasteiger partial charge in [0.2, 0.25) is 0 Å². The molecule has 13 heavy (non-hydrogen) atoms. The van der Waals surface area contributed by atoms with Crippen LogP contribution in [0.1, 0.15) is 12.5 Å². The molecule has 1 unspecified atom stereocenters. The van der Waals surface area contributed by atoms with Crippen molar-refractivity contribution < 1.29 is 5.11 Å². The molecule has 0 amide bonds. The Labute approximate surface area is 75.6 Å². The highest BCUT2D eigenvalue weighted by atomic mass is 16.3. The van der Waals surface area contributed by atoms with E-state index in [1.54, 1.807) is 6.92 Å². The maximum absolute atomic E-state index is 9.24. The van der Waals surface area contributed by atoms with Crippen molar-refractivity contribution in [1.82, 2.24) is 15.4 Å². The van der Waals surface area contributed by atoms with E-state index in [1.165, 1.54) is 0 Å². The van der Waals surface area contributed by atoms with E-state index in [0.717, 1.165) is 16.6 Å². The molecule has 0 aliphatic heterocycles. The van der Waals surface area contributed by atoms with Crippen LogP contribution in [-0.2, 0) is 6.42 Å². The van der Waals surface area contributed by atoms with Gasteiger partial charge in [0.25, 0.3) is 0 Å². The second-order valence-electron chi connectivity index (χ2n) is 3.18. The Balaban J connectivity index is 2.48. The average Bonchev–Trinajstić information content (AvgIpc) is 2.51. The zero-order valence-electron chi connectivity index (χ0n) is 7.36. The zero-order valence-corrected chi connectivity index (χ0v) is 7.36. The number of fused-ring (bicyclic) bond motifs is 1. The lowest BCUT2D eigenvalue weighted by atomic mass is 10.1. The Kier molecular flexibility index (Phi) is 1.98. The summed E-state index contributed by atoms with van der Waals surface area (Å²) < 4.78 is 0. The van der Waals surface area contributed by atoms with Gasteiger partial charge in [-0.25, -0.2) is 0 Å². The molecule has 2 N–H and O–H groups in total. The first kappa shape index (κ1) is 8.19. The number of nitrogens with one attached hydrogen (secondary N) is 1. The van der Waals surface area contributed by atoms with Gasteiger partial charge in [0.05, 0.1) is 11.6 Å². The number of aromatic amines is 1. The average molecular weight is 177 g/mol. The third-order valence-corrected chi connectivity index (χ3v) is 1.96. The van der Waals surface area contributed by atoms with Gasteiger partial charge < -0.3 is 5.11 Å². The largest absolute Gasteiger partial charge is 0.393 e. The van der Waals surface area contributed by atoms with Crippen molar-refractivity contribution in [3.8, 4) is 0 Å². The fourth-order valence-corrected chi connectivity index (χ4v) is 1.41. The number of hydrogen-bond donors (Lipinski definition) is 2. The van der Waals surface area contributed by atoms with E-state index in [0.29, 0.717) is 6.42 Å². The molecule has 0 saturated carbocycles. The van der Waals surface area contributed by atoms with Crippen LogP contribution in [0.25, 0.3) is 11.0 Å². The minimum atomic E-state index is -0.345. The first-order valence-corrected chi connectivity index (χ1v) is 4.24. The Bertz CT molecular complexity index is 408. The molecule has 0 saturated heterocycles. The summed E-state index contributed by atoms with van der Waals surface area (Å²) >= 11 is 0. The maximum Gasteiger partial charge on any atom is 0.116 e. The summed E-state index contributed by atoms with van der Waals surface area (Å²) in [6.45, 7) is 1.76. The SMILES string of the molecule is CC(O)Cc1cccc2[nH]nnc12. The van der Waals surface area contributed by atoms with Gasteiger partial charge >= 0.3 is 0 Å². The second-order valence-corrected chi connectivity index (χ2v) is 3.18. The molecular formula is C9H11N3O. The van der Waals surface area contributed by atoms with Crippen LogP contribution in [0.2, 0.25) is 0 Å². The lowest BCUT2D eigenvalue weighted by molar-refractivity contribution is 0.196. The van der Waals surface area contributed by atoms with Gasteiger partial charge in [-0.1, -0.05) is 17.3 Å². The highest BCUT2D eigenvalue weighted by Gasteiger charge is 2.06. The number of benzene rings is 1. The minimum absolute atomic E-state index is 0.345. The van der Waals surface area contributed by atoms with Crippen molar-refractivity contribution in [2.45, 2.75) is 19.4 Å². The third kappa shape index (κ3) is 1.53. The molecule has 1 atom stereocenters. The van der Waals surface area contributed by atoms with E-state index < -0.39 is 0 Å². The van der Waals surface area contributed by atoms with E-state index >= 15 is 0 Å². The van der Waals surface area contributed by atoms with Crippen LogP contribution in [-0.4, -0.2) is 26.6 Å². The monoisotopic (exact) mass is 177 g/mol. The summed E-state index contributed by atoms with van der Waals surface area (Å²) in [5, 5.41) is 19.7. The molecule has 0 radical (unpaired) electrons. The normalized spacial score (nSPS) is 13.4. The van der Waals surface area contributed by atoms with Gasteiger partial charge in [0.1, 0.15) is 5.52 Å². The lowest BCUT2D eigenvalue weighted by Crippen LogP contribution is -2.04. The molecule has 0 aliphatic rings. The molecule has 0 bridgehead atoms. The smallest absolute Gasteiger partial charge is 0.116 e. The molecule has 1 aromatic carbocycles. The van der Waals surface area contributed by atoms with E-state index in [4.69, 9.17) is 0 Å². The van der Waals surface area contributed by atoms with Crippen LogP contribution in [0, 0.1) is 0 Å². The first-order valence-electron chi connectivity index (χ1n) is 4.24. The van der Waals surface area contributed by atoms with Gasteiger partial charge in [-0.3, -0.25) is 5.10 Å². The minimum Gasteiger partial charge on any atom is -0.393 e. The molecule has 0 aliphatic carbocycles. The Hall–Kier alpha value is -1.42. The molecule has 1 aromatic heterocycles. The van der Waals surface area contributed by atoms with Gasteiger partial charge in [-0.2, -0.15) is 0 Å². The van der Waals surface area contributed by atoms with E-state index in [-0.39, 0.29) is 6.10 Å². The fourth-order valence-electron chi connectivity index (χ4n) is 1.41. The van der Waals surface area contributed by atoms with Crippen LogP contribution in [0.5, 0.6) is 0 Å². The van der Waals surface area contributed by atoms with Crippen LogP contribution in [0.15, 0.2) is 18.2 Å². The number of hydrogen-bond acceptors (Lipinski definition) is 3. The van der Waals surface area contributed by atoms with Crippen LogP contribution in [0.3, 0.4) is 0 Å². The standard InChI is InChI=1S/C9H11N3O/c1-6(13)5-7-3-2-4-8-9(7)11-12-10-8/h2-4,6,13H,5H2,1H3,(H,10,11,12). The number of aliphatic hydroxyl groups is 1. The lowest BCUT2D eigenvalue weighted by Gasteiger charge is -2.03. The van der Waals surface area contributed by atoms with E-state index in [9.17, 15) is 5.11 Å². The number of H-pyrrole nitrogens is 1. The van der Waals surface area contributed by atoms with Crippen LogP contribution in [0.4, 0.5) is 0 Å². The molecule has 2 aromatic rings. The van der Waals surface area contributed by atoms with E-state index in [2.05, 4.69) is 15.4 Å². The quantitative estimate of drug-likeness (QED) is 0.715. The molecule has 4 nitrogen and oxygen atoms in total. The summed E-state index contributed by atoms with van der Waals surface area (Å²) in [4.78, 5) is 0. The highest BCUT2D eigenvalue weighted by Crippen LogP contribution is 2.14. The van der Waals surface area contributed by atoms with Gasteiger partial charge in [0.15, 0.2) is 0 Å². The predicted molar refractivity (Wildman–Crippen MR) is 49.3 cm³/mol. The van der Waals surface area contributed by atoms with Crippen molar-refractivity contribution in [3.05, 3.63) is 23.8 Å². The molecule has 4 heteroatoms. The molecule has 2 rings (SSSR count). The summed E-state index contributed by atoms with van der Waals surface area (Å²) in [7, 11) is 0. The molecule has 0 fully saturated rings. The number of aromatic nitrogens is 3. The summed E-state index contributed by atoms with van der Waals surface area (Å²) in [6.07, 6.45) is 0.270. The Morgan fingerprint density at radius 3 is 3.15 bits per heavy atom. The van der Waals surface area contributed by atoms with Crippen molar-refractivity contribution in [2.75, 3.05) is 0 Å². The van der Waals surface area contributed by atoms with Gasteiger partial charge in [-0.15, -0.1) is 5.10 Å². The topological polar surface area (TPSA) is 61.8 Å². The fraction of sp³-hybridized carbons (Fsp3) is 0.333. The van der Waals surface area contributed by atoms with Gasteiger partial charge in [-0.05, 0) is 18.6 Å². The third-order valence-electron chi connectivity index (χ3n) is 1.96. The van der Waals surface area contributed by atoms with E-state index in [1.807, 2.05) is 18.2 Å². The zero-order chi connectivity index (χ0) is 9.26. The summed E-state index contributed by atoms with van der Waals surface area (Å²) in [6, 6.07) is 5.80. The Morgan fingerprint density at radius 2 is 2.38 bits per heavy atom. The molecular weight excluding hydrogens is 166 g/mol. The summed E-state index contributed by atoms with van der Waals surface area (Å²) in [5.74, 6) is 0. The van der Waals surface area contributed by atoms with Crippen molar-refractivity contribution in [3.63, 3.8) is 0 Å². The number of nitrogens with zero attached hydrogens (tertiary/aromatic N) is 2. The Morgan fingerprint density at radius 1 is 1.54 bits per heavy atom. The van der Waals surface area contributed by atoms with Crippen LogP contribution >= 0.6 is 0 Å². The molecule has 1 heterocycles. The highest BCUT2D eigenvalue weighted by molar-refractivity contribution is 5.77. The number of rotatable bonds is 2. The molecule has 68 valence electrons.